The number of rotatable bonds is 59. The lowest BCUT2D eigenvalue weighted by Gasteiger charge is -2.27. The van der Waals surface area contributed by atoms with Gasteiger partial charge in [0, 0.05) is 12.8 Å². The summed E-state index contributed by atoms with van der Waals surface area (Å²) in [5.74, 6) is -0.554. The zero-order chi connectivity index (χ0) is 58.6. The Hall–Kier alpha value is -3.07. The van der Waals surface area contributed by atoms with E-state index in [1.54, 1.807) is 0 Å². The molecule has 0 aromatic carbocycles. The van der Waals surface area contributed by atoms with Gasteiger partial charge in [-0.3, -0.25) is 18.6 Å². The molecule has 80 heavy (non-hydrogen) atoms. The molecule has 0 bridgehead atoms. The second-order valence-electron chi connectivity index (χ2n) is 23.4. The number of carbonyl (C=O) groups is 2. The largest absolute Gasteiger partial charge is 0.472 e. The molecular formula is C70H126N2O7P+. The Labute approximate surface area is 494 Å². The number of phosphoric ester groups is 1. The molecule has 0 rings (SSSR count). The minimum absolute atomic E-state index is 0.0273. The maximum absolute atomic E-state index is 13.5. The lowest BCUT2D eigenvalue weighted by atomic mass is 10.0. The van der Waals surface area contributed by atoms with Crippen LogP contribution in [0.5, 0.6) is 0 Å². The predicted molar refractivity (Wildman–Crippen MR) is 346 cm³/mol. The highest BCUT2D eigenvalue weighted by Gasteiger charge is 2.30. The van der Waals surface area contributed by atoms with Crippen LogP contribution in [0.4, 0.5) is 0 Å². The SMILES string of the molecule is CC\C=C/C=C/C=C/C=C\C=C\C=C\CCCCCC(=O)NC(COP(=O)(O)OCC[N+](C)(C)C)C(/C=C\CCCCCCCCCCCC)OC(=O)CCCCCCCCCCCCCCCCC/C=C/CCCCCCCC. The minimum Gasteiger partial charge on any atom is -0.456 e. The molecule has 0 aromatic rings. The van der Waals surface area contributed by atoms with Crippen LogP contribution in [0.2, 0.25) is 0 Å². The Morgan fingerprint density at radius 1 is 0.450 bits per heavy atom. The molecule has 3 unspecified atom stereocenters. The van der Waals surface area contributed by atoms with Crippen LogP contribution in [0.1, 0.15) is 284 Å². The second kappa shape index (κ2) is 59.1. The van der Waals surface area contributed by atoms with Crippen LogP contribution >= 0.6 is 7.82 Å². The Balaban J connectivity index is 5.16. The van der Waals surface area contributed by atoms with Crippen LogP contribution in [0, 0.1) is 0 Å². The first kappa shape index (κ1) is 76.9. The number of nitrogens with one attached hydrogen (secondary N) is 1. The first-order valence-corrected chi connectivity index (χ1v) is 34.6. The molecule has 0 heterocycles. The van der Waals surface area contributed by atoms with E-state index in [0.29, 0.717) is 17.4 Å². The normalized spacial score (nSPS) is 14.2. The van der Waals surface area contributed by atoms with Gasteiger partial charge in [-0.1, -0.05) is 292 Å². The fraction of sp³-hybridized carbons (Fsp3) is 0.743. The fourth-order valence-corrected chi connectivity index (χ4v) is 10.1. The van der Waals surface area contributed by atoms with Crippen LogP contribution in [0.25, 0.3) is 0 Å². The molecule has 462 valence electrons. The summed E-state index contributed by atoms with van der Waals surface area (Å²) < 4.78 is 30.7. The van der Waals surface area contributed by atoms with Gasteiger partial charge in [0.1, 0.15) is 19.3 Å². The topological polar surface area (TPSA) is 111 Å². The summed E-state index contributed by atoms with van der Waals surface area (Å²) in [7, 11) is 1.46. The number of esters is 1. The van der Waals surface area contributed by atoms with Crippen LogP contribution in [-0.4, -0.2) is 74.3 Å². The van der Waals surface area contributed by atoms with E-state index < -0.39 is 20.0 Å². The third-order valence-electron chi connectivity index (χ3n) is 14.4. The monoisotopic (exact) mass is 1140 g/mol. The molecular weight excluding hydrogens is 1010 g/mol. The first-order chi connectivity index (χ1) is 38.9. The van der Waals surface area contributed by atoms with Crippen molar-refractivity contribution in [2.45, 2.75) is 296 Å². The van der Waals surface area contributed by atoms with Crippen LogP contribution < -0.4 is 5.32 Å². The second-order valence-corrected chi connectivity index (χ2v) is 24.9. The van der Waals surface area contributed by atoms with E-state index >= 15 is 0 Å². The molecule has 9 nitrogen and oxygen atoms in total. The molecule has 0 radical (unpaired) electrons. The van der Waals surface area contributed by atoms with Crippen molar-refractivity contribution in [1.29, 1.82) is 0 Å². The molecule has 10 heteroatoms. The smallest absolute Gasteiger partial charge is 0.456 e. The molecule has 3 atom stereocenters. The number of hydrogen-bond donors (Lipinski definition) is 2. The van der Waals surface area contributed by atoms with Crippen LogP contribution in [0.3, 0.4) is 0 Å². The summed E-state index contributed by atoms with van der Waals surface area (Å²) in [6.07, 6.45) is 79.9. The highest BCUT2D eigenvalue weighted by molar-refractivity contribution is 7.47. The highest BCUT2D eigenvalue weighted by atomic mass is 31.2. The number of phosphoric acid groups is 1. The van der Waals surface area contributed by atoms with Crippen molar-refractivity contribution in [3.63, 3.8) is 0 Å². The number of nitrogens with zero attached hydrogens (tertiary/aromatic N) is 1. The van der Waals surface area contributed by atoms with Gasteiger partial charge in [-0.25, -0.2) is 4.57 Å². The molecule has 0 aliphatic heterocycles. The molecule has 0 spiro atoms. The Morgan fingerprint density at radius 3 is 1.25 bits per heavy atom. The quantitative estimate of drug-likeness (QED) is 0.0156. The van der Waals surface area contributed by atoms with Gasteiger partial charge in [0.2, 0.25) is 5.91 Å². The van der Waals surface area contributed by atoms with Crippen LogP contribution in [0.15, 0.2) is 97.2 Å². The predicted octanol–water partition coefficient (Wildman–Crippen LogP) is 20.7. The van der Waals surface area contributed by atoms with E-state index in [2.05, 4.69) is 50.4 Å². The number of amides is 1. The summed E-state index contributed by atoms with van der Waals surface area (Å²) in [5, 5.41) is 3.03. The summed E-state index contributed by atoms with van der Waals surface area (Å²) in [6.45, 7) is 6.84. The Morgan fingerprint density at radius 2 is 0.812 bits per heavy atom. The molecule has 0 fully saturated rings. The van der Waals surface area contributed by atoms with Crippen molar-refractivity contribution in [2.75, 3.05) is 40.9 Å². The highest BCUT2D eigenvalue weighted by Crippen LogP contribution is 2.43. The van der Waals surface area contributed by atoms with E-state index in [1.807, 2.05) is 94.1 Å². The number of hydrogen-bond acceptors (Lipinski definition) is 6. The van der Waals surface area contributed by atoms with Crippen molar-refractivity contribution < 1.29 is 37.3 Å². The van der Waals surface area contributed by atoms with Crippen LogP contribution in [-0.2, 0) is 27.9 Å². The van der Waals surface area contributed by atoms with Gasteiger partial charge in [-0.05, 0) is 76.7 Å². The number of carbonyl (C=O) groups excluding carboxylic acids is 2. The zero-order valence-electron chi connectivity index (χ0n) is 52.8. The summed E-state index contributed by atoms with van der Waals surface area (Å²) in [5.41, 5.74) is 0. The van der Waals surface area contributed by atoms with Crippen molar-refractivity contribution in [2.24, 2.45) is 0 Å². The van der Waals surface area contributed by atoms with Crippen molar-refractivity contribution in [1.82, 2.24) is 5.32 Å². The lowest BCUT2D eigenvalue weighted by molar-refractivity contribution is -0.870. The first-order valence-electron chi connectivity index (χ1n) is 33.1. The summed E-state index contributed by atoms with van der Waals surface area (Å²) in [4.78, 5) is 37.8. The maximum Gasteiger partial charge on any atom is 0.472 e. The summed E-state index contributed by atoms with van der Waals surface area (Å²) in [6, 6.07) is -0.876. The van der Waals surface area contributed by atoms with Gasteiger partial charge in [0.25, 0.3) is 0 Å². The number of allylic oxidation sites excluding steroid dienone is 15. The number of unbranched alkanes of at least 4 members (excludes halogenated alkanes) is 34. The van der Waals surface area contributed by atoms with E-state index in [9.17, 15) is 19.0 Å². The molecule has 0 saturated heterocycles. The average Bonchev–Trinajstić information content (AvgIpc) is 3.42. The number of likely N-dealkylation sites (N-methyl/N-ethyl adjacent to an activating group) is 1. The maximum atomic E-state index is 13.5. The van der Waals surface area contributed by atoms with E-state index in [-0.39, 0.29) is 37.9 Å². The Bertz CT molecular complexity index is 1690. The van der Waals surface area contributed by atoms with E-state index in [4.69, 9.17) is 13.8 Å². The average molecular weight is 1140 g/mol. The van der Waals surface area contributed by atoms with Gasteiger partial charge in [0.15, 0.2) is 0 Å². The lowest BCUT2D eigenvalue weighted by Crippen LogP contribution is -2.47. The van der Waals surface area contributed by atoms with Gasteiger partial charge < -0.3 is 19.4 Å². The number of ether oxygens (including phenoxy) is 1. The molecule has 0 saturated carbocycles. The zero-order valence-corrected chi connectivity index (χ0v) is 53.7. The summed E-state index contributed by atoms with van der Waals surface area (Å²) >= 11 is 0. The van der Waals surface area contributed by atoms with Crippen molar-refractivity contribution >= 4 is 19.7 Å². The Kier molecular flexibility index (Phi) is 56.8. The molecule has 0 aliphatic rings. The number of quaternary nitrogens is 1. The minimum atomic E-state index is -4.47. The molecule has 1 amide bonds. The van der Waals surface area contributed by atoms with E-state index in [1.165, 1.54) is 180 Å². The van der Waals surface area contributed by atoms with Crippen molar-refractivity contribution in [3.05, 3.63) is 97.2 Å². The van der Waals surface area contributed by atoms with Crippen molar-refractivity contribution in [3.8, 4) is 0 Å². The van der Waals surface area contributed by atoms with Gasteiger partial charge >= 0.3 is 13.8 Å². The molecule has 0 aromatic heterocycles. The van der Waals surface area contributed by atoms with Gasteiger partial charge in [0.05, 0.1) is 33.8 Å². The third-order valence-corrected chi connectivity index (χ3v) is 15.4. The van der Waals surface area contributed by atoms with Gasteiger partial charge in [-0.15, -0.1) is 0 Å². The standard InChI is InChI=1S/C70H125N2O7P/c1-7-10-13-16-19-22-25-28-30-32-33-34-35-36-37-38-39-41-43-45-48-51-54-57-60-63-70(74)79-68(61-58-55-52-49-46-27-24-21-18-15-12-9-3)67(66-78-80(75,76)77-65-64-72(4,5)6)71-69(73)62-59-56-53-50-47-44-42-40-31-29-26-23-20-17-14-11-8-2/h11,14,17,20,23,26,28-31,40,42,44,47,58,61,67-68H,7-10,12-13,15-16,18-19,21-22,24-25,27,32-39,41,43,45-46,48-57,59-60,62-66H2,1-6H3,(H-,71,73,75,76)/p+1/b14-11-,20-17+,26-23+,30-28+,31-29-,42-40+,47-44+,61-58-. The van der Waals surface area contributed by atoms with Gasteiger partial charge in [-0.2, -0.15) is 0 Å². The molecule has 2 N–H and O–H groups in total. The third kappa shape index (κ3) is 59.5. The van der Waals surface area contributed by atoms with E-state index in [0.717, 1.165) is 64.2 Å². The fourth-order valence-electron chi connectivity index (χ4n) is 9.32. The molecule has 0 aliphatic carbocycles.